The molecule has 0 N–H and O–H groups in total. The van der Waals surface area contributed by atoms with Gasteiger partial charge in [-0.25, -0.2) is 4.79 Å². The first-order valence-electron chi connectivity index (χ1n) is 9.40. The average molecular weight is 448 g/mol. The fourth-order valence-corrected chi connectivity index (χ4v) is 1.60. The Bertz CT molecular complexity index is 613. The van der Waals surface area contributed by atoms with E-state index >= 15 is 0 Å². The van der Waals surface area contributed by atoms with E-state index in [1.165, 1.54) is 13.8 Å². The van der Waals surface area contributed by atoms with Crippen molar-refractivity contribution in [1.82, 2.24) is 0 Å². The van der Waals surface area contributed by atoms with Crippen molar-refractivity contribution in [2.45, 2.75) is 79.0 Å². The summed E-state index contributed by atoms with van der Waals surface area (Å²) < 4.78 is 73.7. The molecule has 1 fully saturated rings. The number of hydrogen-bond donors (Lipinski definition) is 0. The summed E-state index contributed by atoms with van der Waals surface area (Å²) in [4.78, 5) is 33.7. The summed E-state index contributed by atoms with van der Waals surface area (Å²) in [5.41, 5.74) is -1.59. The van der Waals surface area contributed by atoms with Gasteiger partial charge in [-0.3, -0.25) is 9.59 Å². The number of halogens is 5. The molecule has 0 aromatic rings. The van der Waals surface area contributed by atoms with Crippen molar-refractivity contribution < 1.29 is 50.5 Å². The number of carbonyl (C=O) groups excluding carboxylic acids is 3. The van der Waals surface area contributed by atoms with Crippen molar-refractivity contribution in [3.63, 3.8) is 0 Å². The number of cyclic esters (lactones) is 1. The summed E-state index contributed by atoms with van der Waals surface area (Å²) in [7, 11) is 0. The van der Waals surface area contributed by atoms with Crippen LogP contribution in [-0.4, -0.2) is 49.3 Å². The molecule has 0 aromatic carbocycles. The lowest BCUT2D eigenvalue weighted by molar-refractivity contribution is -0.294. The predicted molar refractivity (Wildman–Crippen MR) is 95.6 cm³/mol. The van der Waals surface area contributed by atoms with Crippen LogP contribution in [0.25, 0.3) is 0 Å². The van der Waals surface area contributed by atoms with E-state index in [1.807, 2.05) is 6.92 Å². The van der Waals surface area contributed by atoms with E-state index in [0.29, 0.717) is 19.4 Å². The predicted octanol–water partition coefficient (Wildman–Crippen LogP) is 4.44. The van der Waals surface area contributed by atoms with Crippen molar-refractivity contribution >= 4 is 17.9 Å². The molecule has 30 heavy (non-hydrogen) atoms. The van der Waals surface area contributed by atoms with Crippen molar-refractivity contribution in [2.24, 2.45) is 10.8 Å². The fourth-order valence-electron chi connectivity index (χ4n) is 1.60. The lowest BCUT2D eigenvalue weighted by atomic mass is 9.90. The second-order valence-corrected chi connectivity index (χ2v) is 8.10. The molecule has 6 nitrogen and oxygen atoms in total. The lowest BCUT2D eigenvalue weighted by Gasteiger charge is -2.24. The zero-order valence-electron chi connectivity index (χ0n) is 18.0. The van der Waals surface area contributed by atoms with Crippen molar-refractivity contribution in [3.05, 3.63) is 0 Å². The molecule has 1 aliphatic rings. The molecule has 11 heteroatoms. The molecule has 1 unspecified atom stereocenters. The van der Waals surface area contributed by atoms with E-state index in [4.69, 9.17) is 9.47 Å². The van der Waals surface area contributed by atoms with Crippen LogP contribution in [0.5, 0.6) is 0 Å². The molecule has 0 bridgehead atoms. The number of ether oxygens (including phenoxy) is 3. The van der Waals surface area contributed by atoms with Gasteiger partial charge in [0.2, 0.25) is 6.10 Å². The van der Waals surface area contributed by atoms with Gasteiger partial charge in [-0.1, -0.05) is 13.8 Å². The first kappa shape index (κ1) is 28.1. The van der Waals surface area contributed by atoms with Crippen molar-refractivity contribution in [2.75, 3.05) is 13.2 Å². The Morgan fingerprint density at radius 3 is 1.80 bits per heavy atom. The number of alkyl halides is 5. The highest BCUT2D eigenvalue weighted by Gasteiger charge is 2.58. The highest BCUT2D eigenvalue weighted by Crippen LogP contribution is 2.36. The van der Waals surface area contributed by atoms with Gasteiger partial charge in [0.1, 0.15) is 0 Å². The normalized spacial score (nSPS) is 17.6. The van der Waals surface area contributed by atoms with Crippen LogP contribution in [0.1, 0.15) is 60.8 Å². The van der Waals surface area contributed by atoms with E-state index in [0.717, 1.165) is 0 Å². The molecular weight excluding hydrogens is 419 g/mol. The van der Waals surface area contributed by atoms with Gasteiger partial charge in [0.25, 0.3) is 0 Å². The summed E-state index contributed by atoms with van der Waals surface area (Å²) >= 11 is 0. The Labute approximate surface area is 172 Å². The molecule has 0 aliphatic carbocycles. The molecule has 0 spiro atoms. The van der Waals surface area contributed by atoms with Crippen LogP contribution >= 0.6 is 0 Å². The maximum absolute atomic E-state index is 12.4. The van der Waals surface area contributed by atoms with Crippen LogP contribution in [0.15, 0.2) is 0 Å². The van der Waals surface area contributed by atoms with Crippen LogP contribution in [0.3, 0.4) is 0 Å². The molecule has 1 aliphatic heterocycles. The highest BCUT2D eigenvalue weighted by atomic mass is 19.4. The molecular formula is C19H29F5O6. The number of hydrogen-bond acceptors (Lipinski definition) is 6. The SMILES string of the molecule is CCC(C)(C)C(=O)OC1CCOC1=O.CCC(C)(C)C(=O)OCC(F)(F)C(F)(F)F. The van der Waals surface area contributed by atoms with Crippen molar-refractivity contribution in [3.8, 4) is 0 Å². The Balaban J connectivity index is 0.000000564. The average Bonchev–Trinajstić information content (AvgIpc) is 3.03. The van der Waals surface area contributed by atoms with Crippen LogP contribution in [0.4, 0.5) is 22.0 Å². The molecule has 0 saturated carbocycles. The van der Waals surface area contributed by atoms with Crippen LogP contribution in [0, 0.1) is 10.8 Å². The van der Waals surface area contributed by atoms with E-state index in [-0.39, 0.29) is 12.4 Å². The standard InChI is InChI=1S/C10H16O4.C9H13F5O2/c1-4-10(2,3)9(12)14-7-5-6-13-8(7)11;1-4-7(2,3)6(15)16-5-8(10,11)9(12,13)14/h7H,4-6H2,1-3H3;4-5H2,1-3H3. The Morgan fingerprint density at radius 2 is 1.43 bits per heavy atom. The molecule has 0 radical (unpaired) electrons. The Kier molecular flexibility index (Phi) is 9.72. The monoisotopic (exact) mass is 448 g/mol. The fraction of sp³-hybridized carbons (Fsp3) is 0.842. The minimum Gasteiger partial charge on any atom is -0.463 e. The largest absolute Gasteiger partial charge is 0.463 e. The highest BCUT2D eigenvalue weighted by molar-refractivity contribution is 5.82. The van der Waals surface area contributed by atoms with Gasteiger partial charge >= 0.3 is 30.0 Å². The third-order valence-electron chi connectivity index (χ3n) is 4.81. The first-order valence-corrected chi connectivity index (χ1v) is 9.40. The molecule has 1 rings (SSSR count). The number of esters is 3. The lowest BCUT2D eigenvalue weighted by Crippen LogP contribution is -2.42. The maximum Gasteiger partial charge on any atom is 0.456 e. The molecule has 1 atom stereocenters. The molecule has 0 aromatic heterocycles. The minimum atomic E-state index is -5.70. The van der Waals surface area contributed by atoms with E-state index in [9.17, 15) is 36.3 Å². The number of rotatable bonds is 7. The quantitative estimate of drug-likeness (QED) is 0.325. The smallest absolute Gasteiger partial charge is 0.456 e. The molecule has 176 valence electrons. The zero-order valence-corrected chi connectivity index (χ0v) is 18.0. The van der Waals surface area contributed by atoms with Gasteiger partial charge in [0.05, 0.1) is 17.4 Å². The van der Waals surface area contributed by atoms with Gasteiger partial charge in [0, 0.05) is 6.42 Å². The zero-order chi connectivity index (χ0) is 24.0. The van der Waals surface area contributed by atoms with Gasteiger partial charge in [-0.15, -0.1) is 0 Å². The summed E-state index contributed by atoms with van der Waals surface area (Å²) in [5, 5.41) is 0. The van der Waals surface area contributed by atoms with Gasteiger partial charge in [-0.05, 0) is 40.5 Å². The Morgan fingerprint density at radius 1 is 0.967 bits per heavy atom. The molecule has 1 heterocycles. The summed E-state index contributed by atoms with van der Waals surface area (Å²) in [6.45, 7) is 8.30. The third-order valence-corrected chi connectivity index (χ3v) is 4.81. The third kappa shape index (κ3) is 8.06. The van der Waals surface area contributed by atoms with Crippen LogP contribution < -0.4 is 0 Å². The van der Waals surface area contributed by atoms with Crippen molar-refractivity contribution in [1.29, 1.82) is 0 Å². The maximum atomic E-state index is 12.4. The summed E-state index contributed by atoms with van der Waals surface area (Å²) in [5.74, 6) is -6.83. The topological polar surface area (TPSA) is 78.9 Å². The van der Waals surface area contributed by atoms with Crippen LogP contribution in [0.2, 0.25) is 0 Å². The second-order valence-electron chi connectivity index (χ2n) is 8.10. The minimum absolute atomic E-state index is 0.281. The molecule has 0 amide bonds. The van der Waals surface area contributed by atoms with Crippen LogP contribution in [-0.2, 0) is 28.6 Å². The Hall–Kier alpha value is -1.94. The summed E-state index contributed by atoms with van der Waals surface area (Å²) in [6, 6.07) is 0. The van der Waals surface area contributed by atoms with E-state index in [1.54, 1.807) is 20.8 Å². The van der Waals surface area contributed by atoms with Gasteiger partial charge in [-0.2, -0.15) is 22.0 Å². The van der Waals surface area contributed by atoms with Gasteiger partial charge < -0.3 is 14.2 Å². The van der Waals surface area contributed by atoms with E-state index < -0.39 is 47.6 Å². The first-order chi connectivity index (χ1) is 13.4. The number of carbonyl (C=O) groups is 3. The summed E-state index contributed by atoms with van der Waals surface area (Å²) in [6.07, 6.45) is -4.95. The second kappa shape index (κ2) is 10.4. The molecule has 1 saturated heterocycles. The van der Waals surface area contributed by atoms with E-state index in [2.05, 4.69) is 4.74 Å². The van der Waals surface area contributed by atoms with Gasteiger partial charge in [0.15, 0.2) is 6.61 Å².